The summed E-state index contributed by atoms with van der Waals surface area (Å²) in [6.07, 6.45) is 2.14. The van der Waals surface area contributed by atoms with E-state index in [0.29, 0.717) is 5.92 Å². The summed E-state index contributed by atoms with van der Waals surface area (Å²) >= 11 is 0. The van der Waals surface area contributed by atoms with Crippen molar-refractivity contribution < 1.29 is 9.84 Å². The van der Waals surface area contributed by atoms with Gasteiger partial charge in [-0.2, -0.15) is 0 Å². The average Bonchev–Trinajstić information content (AvgIpc) is 2.73. The lowest BCUT2D eigenvalue weighted by Gasteiger charge is -2.21. The molecule has 1 fully saturated rings. The Hall–Kier alpha value is -1.62. The minimum atomic E-state index is 0.257. The van der Waals surface area contributed by atoms with Gasteiger partial charge in [-0.3, -0.25) is 0 Å². The topological polar surface area (TPSA) is 60.2 Å². The molecule has 1 aliphatic rings. The van der Waals surface area contributed by atoms with Crippen LogP contribution in [-0.2, 0) is 11.3 Å². The molecule has 2 heterocycles. The number of aromatic nitrogens is 3. The number of rotatable bonds is 2. The molecule has 0 saturated carbocycles. The van der Waals surface area contributed by atoms with Gasteiger partial charge in [-0.1, -0.05) is 5.21 Å². The summed E-state index contributed by atoms with van der Waals surface area (Å²) in [4.78, 5) is 0. The van der Waals surface area contributed by atoms with Crippen LogP contribution in [0.5, 0.6) is 5.75 Å². The second kappa shape index (κ2) is 4.33. The van der Waals surface area contributed by atoms with Crippen molar-refractivity contribution in [1.82, 2.24) is 15.0 Å². The van der Waals surface area contributed by atoms with E-state index < -0.39 is 0 Å². The maximum absolute atomic E-state index is 9.49. The number of nitrogens with zero attached hydrogens (tertiary/aromatic N) is 3. The monoisotopic (exact) mass is 233 g/mol. The van der Waals surface area contributed by atoms with Crippen LogP contribution in [0.3, 0.4) is 0 Å². The highest BCUT2D eigenvalue weighted by Crippen LogP contribution is 2.21. The van der Waals surface area contributed by atoms with Gasteiger partial charge in [-0.05, 0) is 30.9 Å². The van der Waals surface area contributed by atoms with Gasteiger partial charge in [0, 0.05) is 25.8 Å². The summed E-state index contributed by atoms with van der Waals surface area (Å²) in [5, 5.41) is 17.7. The summed E-state index contributed by atoms with van der Waals surface area (Å²) < 4.78 is 7.22. The fourth-order valence-electron chi connectivity index (χ4n) is 2.26. The molecule has 5 heteroatoms. The third-order valence-electron chi connectivity index (χ3n) is 3.27. The molecule has 3 rings (SSSR count). The van der Waals surface area contributed by atoms with Crippen LogP contribution in [0.2, 0.25) is 0 Å². The first-order valence-electron chi connectivity index (χ1n) is 5.93. The molecule has 0 spiro atoms. The number of ether oxygens (including phenoxy) is 1. The predicted molar refractivity (Wildman–Crippen MR) is 62.7 cm³/mol. The molecular weight excluding hydrogens is 218 g/mol. The molecule has 0 bridgehead atoms. The lowest BCUT2D eigenvalue weighted by molar-refractivity contribution is 0.0604. The number of phenolic OH excluding ortho intramolecular Hbond substituents is 1. The van der Waals surface area contributed by atoms with Crippen LogP contribution in [0.25, 0.3) is 11.0 Å². The van der Waals surface area contributed by atoms with E-state index in [2.05, 4.69) is 10.3 Å². The highest BCUT2D eigenvalue weighted by atomic mass is 16.5. The molecule has 1 saturated heterocycles. The minimum Gasteiger partial charge on any atom is -0.508 e. The van der Waals surface area contributed by atoms with Crippen LogP contribution in [0.15, 0.2) is 18.2 Å². The Morgan fingerprint density at radius 3 is 3.00 bits per heavy atom. The van der Waals surface area contributed by atoms with Crippen molar-refractivity contribution in [2.75, 3.05) is 13.2 Å². The molecule has 1 aliphatic heterocycles. The molecule has 0 amide bonds. The molecule has 0 aliphatic carbocycles. The summed E-state index contributed by atoms with van der Waals surface area (Å²) in [7, 11) is 0. The van der Waals surface area contributed by atoms with Crippen LogP contribution in [-0.4, -0.2) is 33.3 Å². The quantitative estimate of drug-likeness (QED) is 0.855. The Morgan fingerprint density at radius 2 is 2.18 bits per heavy atom. The highest BCUT2D eigenvalue weighted by molar-refractivity contribution is 5.75. The van der Waals surface area contributed by atoms with E-state index >= 15 is 0 Å². The lowest BCUT2D eigenvalue weighted by atomic mass is 10.0. The predicted octanol–water partition coefficient (Wildman–Crippen LogP) is 1.56. The van der Waals surface area contributed by atoms with Crippen molar-refractivity contribution in [3.63, 3.8) is 0 Å². The van der Waals surface area contributed by atoms with Gasteiger partial charge in [0.05, 0.1) is 5.52 Å². The van der Waals surface area contributed by atoms with E-state index in [1.807, 2.05) is 4.68 Å². The van der Waals surface area contributed by atoms with Crippen LogP contribution >= 0.6 is 0 Å². The van der Waals surface area contributed by atoms with Crippen LogP contribution < -0.4 is 0 Å². The Morgan fingerprint density at radius 1 is 1.35 bits per heavy atom. The minimum absolute atomic E-state index is 0.257. The van der Waals surface area contributed by atoms with Gasteiger partial charge in [-0.15, -0.1) is 5.10 Å². The summed E-state index contributed by atoms with van der Waals surface area (Å²) in [5.74, 6) is 0.851. The standard InChI is InChI=1S/C12H15N3O2/c16-10-1-2-11-12(7-10)15(14-13-11)8-9-3-5-17-6-4-9/h1-2,7,9,16H,3-6,8H2. The molecule has 0 unspecified atom stereocenters. The van der Waals surface area contributed by atoms with Crippen molar-refractivity contribution in [1.29, 1.82) is 0 Å². The van der Waals surface area contributed by atoms with Gasteiger partial charge >= 0.3 is 0 Å². The van der Waals surface area contributed by atoms with Gasteiger partial charge in [0.15, 0.2) is 0 Å². The third-order valence-corrected chi connectivity index (χ3v) is 3.27. The molecule has 1 aromatic heterocycles. The van der Waals surface area contributed by atoms with Crippen molar-refractivity contribution in [2.45, 2.75) is 19.4 Å². The second-order valence-corrected chi connectivity index (χ2v) is 4.50. The van der Waals surface area contributed by atoms with Gasteiger partial charge in [0.25, 0.3) is 0 Å². The highest BCUT2D eigenvalue weighted by Gasteiger charge is 2.16. The van der Waals surface area contributed by atoms with E-state index in [1.165, 1.54) is 0 Å². The molecular formula is C12H15N3O2. The van der Waals surface area contributed by atoms with Gasteiger partial charge in [0.2, 0.25) is 0 Å². The van der Waals surface area contributed by atoms with Crippen molar-refractivity contribution in [3.8, 4) is 5.75 Å². The smallest absolute Gasteiger partial charge is 0.117 e. The average molecular weight is 233 g/mol. The van der Waals surface area contributed by atoms with E-state index in [0.717, 1.165) is 43.6 Å². The first kappa shape index (κ1) is 10.5. The number of phenols is 1. The van der Waals surface area contributed by atoms with Crippen LogP contribution in [0.4, 0.5) is 0 Å². The molecule has 1 N–H and O–H groups in total. The first-order valence-corrected chi connectivity index (χ1v) is 5.93. The number of aromatic hydroxyl groups is 1. The Kier molecular flexibility index (Phi) is 2.68. The second-order valence-electron chi connectivity index (χ2n) is 4.50. The summed E-state index contributed by atoms with van der Waals surface area (Å²) in [5.41, 5.74) is 1.73. The summed E-state index contributed by atoms with van der Waals surface area (Å²) in [6.45, 7) is 2.52. The Labute approximate surface area is 99.0 Å². The maximum Gasteiger partial charge on any atom is 0.117 e. The van der Waals surface area contributed by atoms with Crippen LogP contribution in [0.1, 0.15) is 12.8 Å². The van der Waals surface area contributed by atoms with Crippen LogP contribution in [0, 0.1) is 5.92 Å². The van der Waals surface area contributed by atoms with Gasteiger partial charge in [-0.25, -0.2) is 4.68 Å². The SMILES string of the molecule is Oc1ccc2nnn(CC3CCOCC3)c2c1. The molecule has 0 atom stereocenters. The molecule has 90 valence electrons. The zero-order valence-corrected chi connectivity index (χ0v) is 9.54. The van der Waals surface area contributed by atoms with E-state index in [1.54, 1.807) is 18.2 Å². The molecule has 0 radical (unpaired) electrons. The molecule has 2 aromatic rings. The van der Waals surface area contributed by atoms with Crippen molar-refractivity contribution in [3.05, 3.63) is 18.2 Å². The van der Waals surface area contributed by atoms with Crippen molar-refractivity contribution in [2.24, 2.45) is 5.92 Å². The normalized spacial score (nSPS) is 17.6. The fraction of sp³-hybridized carbons (Fsp3) is 0.500. The van der Waals surface area contributed by atoms with E-state index in [4.69, 9.17) is 4.74 Å². The fourth-order valence-corrected chi connectivity index (χ4v) is 2.26. The number of hydrogen-bond acceptors (Lipinski definition) is 4. The van der Waals surface area contributed by atoms with Gasteiger partial charge < -0.3 is 9.84 Å². The number of benzene rings is 1. The largest absolute Gasteiger partial charge is 0.508 e. The van der Waals surface area contributed by atoms with Gasteiger partial charge in [0.1, 0.15) is 11.3 Å². The first-order chi connectivity index (χ1) is 8.33. The number of hydrogen-bond donors (Lipinski definition) is 1. The Balaban J connectivity index is 1.86. The third kappa shape index (κ3) is 2.10. The zero-order valence-electron chi connectivity index (χ0n) is 9.54. The maximum atomic E-state index is 9.49. The molecule has 17 heavy (non-hydrogen) atoms. The number of fused-ring (bicyclic) bond motifs is 1. The molecule has 5 nitrogen and oxygen atoms in total. The zero-order chi connectivity index (χ0) is 11.7. The van der Waals surface area contributed by atoms with Crippen molar-refractivity contribution >= 4 is 11.0 Å². The summed E-state index contributed by atoms with van der Waals surface area (Å²) in [6, 6.07) is 5.14. The van der Waals surface area contributed by atoms with E-state index in [9.17, 15) is 5.11 Å². The Bertz CT molecular complexity index is 517. The molecule has 1 aromatic carbocycles. The lowest BCUT2D eigenvalue weighted by Crippen LogP contribution is -2.20. The van der Waals surface area contributed by atoms with E-state index in [-0.39, 0.29) is 5.75 Å².